The van der Waals surface area contributed by atoms with Crippen molar-refractivity contribution in [2.45, 2.75) is 39.7 Å². The molecule has 1 N–H and O–H groups in total. The number of ketones is 1. The van der Waals surface area contributed by atoms with Crippen molar-refractivity contribution in [2.75, 3.05) is 13.1 Å². The van der Waals surface area contributed by atoms with Crippen LogP contribution in [0.5, 0.6) is 0 Å². The Morgan fingerprint density at radius 1 is 1.29 bits per heavy atom. The van der Waals surface area contributed by atoms with Crippen molar-refractivity contribution in [1.82, 2.24) is 9.88 Å². The quantitative estimate of drug-likeness (QED) is 0.938. The number of aromatic nitrogens is 1. The second-order valence-electron chi connectivity index (χ2n) is 6.31. The molecule has 3 rings (SSSR count). The summed E-state index contributed by atoms with van der Waals surface area (Å²) in [6.45, 7) is 8.34. The maximum Gasteiger partial charge on any atom is 0.138 e. The van der Waals surface area contributed by atoms with Gasteiger partial charge in [0.2, 0.25) is 0 Å². The predicted molar refractivity (Wildman–Crippen MR) is 86.6 cm³/mol. The van der Waals surface area contributed by atoms with Crippen molar-refractivity contribution >= 4 is 16.7 Å². The molecular weight excluding hydrogens is 260 g/mol. The number of aromatic amines is 1. The fourth-order valence-corrected chi connectivity index (χ4v) is 3.50. The minimum atomic E-state index is 0.169. The lowest BCUT2D eigenvalue weighted by atomic mass is 9.90. The van der Waals surface area contributed by atoms with Gasteiger partial charge in [-0.3, -0.25) is 9.69 Å². The molecule has 1 aliphatic rings. The average molecular weight is 284 g/mol. The molecule has 0 unspecified atom stereocenters. The van der Waals surface area contributed by atoms with Gasteiger partial charge in [0.1, 0.15) is 5.78 Å². The Morgan fingerprint density at radius 3 is 2.86 bits per heavy atom. The van der Waals surface area contributed by atoms with Gasteiger partial charge >= 0.3 is 0 Å². The zero-order valence-electron chi connectivity index (χ0n) is 13.1. The van der Waals surface area contributed by atoms with E-state index in [1.807, 2.05) is 0 Å². The number of carbonyl (C=O) groups excluding carboxylic acids is 1. The smallest absolute Gasteiger partial charge is 0.138 e. The summed E-state index contributed by atoms with van der Waals surface area (Å²) in [7, 11) is 0. The van der Waals surface area contributed by atoms with Crippen LogP contribution in [0.3, 0.4) is 0 Å². The molecule has 0 amide bonds. The van der Waals surface area contributed by atoms with Gasteiger partial charge in [-0.25, -0.2) is 0 Å². The molecule has 3 nitrogen and oxygen atoms in total. The van der Waals surface area contributed by atoms with E-state index in [4.69, 9.17) is 0 Å². The second kappa shape index (κ2) is 5.64. The van der Waals surface area contributed by atoms with Gasteiger partial charge in [0.05, 0.1) is 0 Å². The fraction of sp³-hybridized carbons (Fsp3) is 0.500. The van der Waals surface area contributed by atoms with Crippen LogP contribution in [0.4, 0.5) is 0 Å². The summed E-state index contributed by atoms with van der Waals surface area (Å²) in [5.41, 5.74) is 3.91. The molecule has 112 valence electrons. The third-order valence-electron chi connectivity index (χ3n) is 5.13. The first-order chi connectivity index (χ1) is 10.1. The SMILES string of the molecule is Cc1[nH]c2ccccc2c1CCN1CCC(=O)[C@H](C)[C@@H]1C. The number of para-hydroxylation sites is 1. The number of nitrogens with zero attached hydrogens (tertiary/aromatic N) is 1. The highest BCUT2D eigenvalue weighted by atomic mass is 16.1. The molecule has 2 heterocycles. The predicted octanol–water partition coefficient (Wildman–Crippen LogP) is 3.32. The maximum atomic E-state index is 11.8. The number of carbonyl (C=O) groups is 1. The van der Waals surface area contributed by atoms with Crippen LogP contribution in [0.15, 0.2) is 24.3 Å². The molecule has 2 aromatic rings. The third-order valence-corrected chi connectivity index (χ3v) is 5.13. The van der Waals surface area contributed by atoms with E-state index in [1.165, 1.54) is 22.2 Å². The van der Waals surface area contributed by atoms with Crippen LogP contribution in [0, 0.1) is 12.8 Å². The molecular formula is C18H24N2O. The molecule has 3 heteroatoms. The van der Waals surface area contributed by atoms with Crippen LogP contribution in [0.25, 0.3) is 10.9 Å². The molecule has 1 aromatic carbocycles. The molecule has 0 radical (unpaired) electrons. The van der Waals surface area contributed by atoms with Crippen LogP contribution in [-0.2, 0) is 11.2 Å². The lowest BCUT2D eigenvalue weighted by Gasteiger charge is -2.37. The summed E-state index contributed by atoms with van der Waals surface area (Å²) in [5.74, 6) is 0.588. The Labute approximate surface area is 126 Å². The molecule has 0 spiro atoms. The van der Waals surface area contributed by atoms with E-state index in [9.17, 15) is 4.79 Å². The highest BCUT2D eigenvalue weighted by Gasteiger charge is 2.30. The minimum Gasteiger partial charge on any atom is -0.358 e. The standard InChI is InChI=1S/C18H24N2O/c1-12-14(3)20(11-9-18(12)21)10-8-15-13(2)19-17-7-5-4-6-16(15)17/h4-7,12,14,19H,8-11H2,1-3H3/t12-,14+/m1/s1. The van der Waals surface area contributed by atoms with Crippen LogP contribution in [0.1, 0.15) is 31.5 Å². The number of hydrogen-bond acceptors (Lipinski definition) is 2. The van der Waals surface area contributed by atoms with Gasteiger partial charge in [0.15, 0.2) is 0 Å². The first kappa shape index (κ1) is 14.3. The van der Waals surface area contributed by atoms with Gasteiger partial charge in [-0.1, -0.05) is 25.1 Å². The van der Waals surface area contributed by atoms with Crippen LogP contribution >= 0.6 is 0 Å². The van der Waals surface area contributed by atoms with Gasteiger partial charge in [-0.05, 0) is 31.9 Å². The first-order valence-electron chi connectivity index (χ1n) is 7.91. The fourth-order valence-electron chi connectivity index (χ4n) is 3.50. The number of nitrogens with one attached hydrogen (secondary N) is 1. The summed E-state index contributed by atoms with van der Waals surface area (Å²) in [6.07, 6.45) is 1.75. The van der Waals surface area contributed by atoms with Crippen molar-refractivity contribution < 1.29 is 4.79 Å². The van der Waals surface area contributed by atoms with Crippen molar-refractivity contribution in [2.24, 2.45) is 5.92 Å². The maximum absolute atomic E-state index is 11.8. The number of rotatable bonds is 3. The number of benzene rings is 1. The molecule has 0 bridgehead atoms. The molecule has 1 fully saturated rings. The summed E-state index contributed by atoms with van der Waals surface area (Å²) < 4.78 is 0. The van der Waals surface area contributed by atoms with Crippen molar-refractivity contribution in [1.29, 1.82) is 0 Å². The molecule has 0 saturated carbocycles. The molecule has 21 heavy (non-hydrogen) atoms. The van der Waals surface area contributed by atoms with Crippen LogP contribution < -0.4 is 0 Å². The van der Waals surface area contributed by atoms with Gasteiger partial charge in [0, 0.05) is 48.1 Å². The lowest BCUT2D eigenvalue weighted by molar-refractivity contribution is -0.127. The van der Waals surface area contributed by atoms with Crippen molar-refractivity contribution in [3.05, 3.63) is 35.5 Å². The van der Waals surface area contributed by atoms with Gasteiger partial charge in [0.25, 0.3) is 0 Å². The van der Waals surface area contributed by atoms with E-state index < -0.39 is 0 Å². The Kier molecular flexibility index (Phi) is 3.85. The normalized spacial score (nSPS) is 23.9. The molecule has 1 aliphatic heterocycles. The topological polar surface area (TPSA) is 36.1 Å². The Morgan fingerprint density at radius 2 is 2.05 bits per heavy atom. The van der Waals surface area contributed by atoms with E-state index >= 15 is 0 Å². The zero-order chi connectivity index (χ0) is 15.0. The number of Topliss-reactive ketones (excluding diaryl/α,β-unsaturated/α-hetero) is 1. The zero-order valence-corrected chi connectivity index (χ0v) is 13.1. The van der Waals surface area contributed by atoms with Crippen LogP contribution in [0.2, 0.25) is 0 Å². The van der Waals surface area contributed by atoms with E-state index in [1.54, 1.807) is 0 Å². The molecule has 2 atom stereocenters. The number of aryl methyl sites for hydroxylation is 1. The number of hydrogen-bond donors (Lipinski definition) is 1. The van der Waals surface area contributed by atoms with Gasteiger partial charge in [-0.2, -0.15) is 0 Å². The summed E-state index contributed by atoms with van der Waals surface area (Å²) >= 11 is 0. The number of fused-ring (bicyclic) bond motifs is 1. The van der Waals surface area contributed by atoms with E-state index in [-0.39, 0.29) is 5.92 Å². The monoisotopic (exact) mass is 284 g/mol. The highest BCUT2D eigenvalue weighted by molar-refractivity contribution is 5.84. The third kappa shape index (κ3) is 2.62. The summed E-state index contributed by atoms with van der Waals surface area (Å²) in [6, 6.07) is 8.86. The molecule has 1 aromatic heterocycles. The number of piperidine rings is 1. The Balaban J connectivity index is 1.75. The number of likely N-dealkylation sites (tertiary alicyclic amines) is 1. The van der Waals surface area contributed by atoms with E-state index in [0.717, 1.165) is 19.5 Å². The minimum absolute atomic E-state index is 0.169. The highest BCUT2D eigenvalue weighted by Crippen LogP contribution is 2.24. The Bertz CT molecular complexity index is 658. The van der Waals surface area contributed by atoms with E-state index in [2.05, 4.69) is 54.9 Å². The summed E-state index contributed by atoms with van der Waals surface area (Å²) in [5, 5.41) is 1.34. The number of H-pyrrole nitrogens is 1. The molecule has 1 saturated heterocycles. The average Bonchev–Trinajstić information content (AvgIpc) is 2.80. The van der Waals surface area contributed by atoms with Crippen LogP contribution in [-0.4, -0.2) is 34.8 Å². The van der Waals surface area contributed by atoms with Crippen molar-refractivity contribution in [3.63, 3.8) is 0 Å². The van der Waals surface area contributed by atoms with Crippen molar-refractivity contribution in [3.8, 4) is 0 Å². The van der Waals surface area contributed by atoms with Gasteiger partial charge in [-0.15, -0.1) is 0 Å². The second-order valence-corrected chi connectivity index (χ2v) is 6.31. The first-order valence-corrected chi connectivity index (χ1v) is 7.91. The largest absolute Gasteiger partial charge is 0.358 e. The Hall–Kier alpha value is -1.61. The summed E-state index contributed by atoms with van der Waals surface area (Å²) in [4.78, 5) is 17.7. The molecule has 0 aliphatic carbocycles. The van der Waals surface area contributed by atoms with Gasteiger partial charge < -0.3 is 4.98 Å². The lowest BCUT2D eigenvalue weighted by Crippen LogP contribution is -2.47. The van der Waals surface area contributed by atoms with E-state index in [0.29, 0.717) is 18.2 Å².